The topological polar surface area (TPSA) is 46.6 Å². The quantitative estimate of drug-likeness (QED) is 0.737. The van der Waals surface area contributed by atoms with Crippen molar-refractivity contribution < 1.29 is 13.2 Å². The predicted molar refractivity (Wildman–Crippen MR) is 88.3 cm³/mol. The third-order valence-corrected chi connectivity index (χ3v) is 8.16. The highest BCUT2D eigenvalue weighted by molar-refractivity contribution is 9.11. The van der Waals surface area contributed by atoms with Crippen LogP contribution in [0.15, 0.2) is 14.7 Å². The van der Waals surface area contributed by atoms with Crippen molar-refractivity contribution in [1.29, 1.82) is 0 Å². The zero-order chi connectivity index (χ0) is 14.8. The lowest BCUT2D eigenvalue weighted by Gasteiger charge is -2.27. The number of thioether (sulfide) groups is 1. The van der Waals surface area contributed by atoms with Crippen LogP contribution in [-0.4, -0.2) is 50.5 Å². The number of thiophene rings is 1. The number of halogens is 1. The van der Waals surface area contributed by atoms with Crippen LogP contribution >= 0.6 is 39.0 Å². The Hall–Kier alpha value is 0.400. The Balaban J connectivity index is 2.32. The summed E-state index contributed by atoms with van der Waals surface area (Å²) >= 11 is 6.63. The van der Waals surface area contributed by atoms with E-state index in [4.69, 9.17) is 4.74 Å². The van der Waals surface area contributed by atoms with Gasteiger partial charge in [0, 0.05) is 30.3 Å². The number of hydrogen-bond acceptors (Lipinski definition) is 5. The van der Waals surface area contributed by atoms with E-state index in [1.807, 2.05) is 18.7 Å². The first-order valence-corrected chi connectivity index (χ1v) is 10.5. The van der Waals surface area contributed by atoms with E-state index in [-0.39, 0.29) is 6.04 Å². The number of sulfonamides is 1. The van der Waals surface area contributed by atoms with Crippen LogP contribution in [0.4, 0.5) is 0 Å². The van der Waals surface area contributed by atoms with Gasteiger partial charge in [0.1, 0.15) is 0 Å². The van der Waals surface area contributed by atoms with Gasteiger partial charge in [0.25, 0.3) is 0 Å². The smallest absolute Gasteiger partial charge is 0.244 e. The molecule has 2 heterocycles. The van der Waals surface area contributed by atoms with Gasteiger partial charge >= 0.3 is 0 Å². The molecule has 1 fully saturated rings. The third-order valence-electron chi connectivity index (χ3n) is 3.26. The van der Waals surface area contributed by atoms with E-state index in [1.54, 1.807) is 17.5 Å². The van der Waals surface area contributed by atoms with Crippen LogP contribution in [0.5, 0.6) is 0 Å². The van der Waals surface area contributed by atoms with E-state index in [9.17, 15) is 8.42 Å². The summed E-state index contributed by atoms with van der Waals surface area (Å²) in [4.78, 5) is 1.24. The molecule has 1 aromatic heterocycles. The lowest BCUT2D eigenvalue weighted by molar-refractivity contribution is 0.169. The minimum Gasteiger partial charge on any atom is -0.383 e. The number of hydrogen-bond donors (Lipinski definition) is 0. The Bertz CT molecular complexity index is 552. The summed E-state index contributed by atoms with van der Waals surface area (Å²) < 4.78 is 33.4. The van der Waals surface area contributed by atoms with Gasteiger partial charge in [-0.25, -0.2) is 8.42 Å². The Kier molecular flexibility index (Phi) is 5.96. The fourth-order valence-corrected chi connectivity index (χ4v) is 7.58. The van der Waals surface area contributed by atoms with Crippen molar-refractivity contribution in [2.45, 2.75) is 24.3 Å². The number of methoxy groups -OCH3 is 1. The molecule has 0 saturated carbocycles. The van der Waals surface area contributed by atoms with Gasteiger partial charge in [0.05, 0.1) is 15.3 Å². The van der Waals surface area contributed by atoms with E-state index in [0.29, 0.717) is 18.0 Å². The molecule has 1 unspecified atom stereocenters. The van der Waals surface area contributed by atoms with Gasteiger partial charge in [0.15, 0.2) is 0 Å². The maximum absolute atomic E-state index is 12.9. The van der Waals surface area contributed by atoms with Crippen molar-refractivity contribution in [3.63, 3.8) is 0 Å². The molecule has 0 spiro atoms. The lowest BCUT2D eigenvalue weighted by atomic mass is 10.3. The van der Waals surface area contributed by atoms with E-state index in [2.05, 4.69) is 15.9 Å². The molecule has 1 aliphatic rings. The molecule has 2 rings (SSSR count). The number of aryl methyl sites for hydroxylation is 1. The number of ether oxygens (including phenoxy) is 1. The highest BCUT2D eigenvalue weighted by Gasteiger charge is 2.34. The van der Waals surface area contributed by atoms with Gasteiger partial charge in [-0.3, -0.25) is 0 Å². The molecule has 0 aromatic carbocycles. The lowest BCUT2D eigenvalue weighted by Crippen LogP contribution is -2.42. The van der Waals surface area contributed by atoms with E-state index >= 15 is 0 Å². The van der Waals surface area contributed by atoms with Crippen LogP contribution in [0.3, 0.4) is 0 Å². The first kappa shape index (κ1) is 16.8. The van der Waals surface area contributed by atoms with Crippen LogP contribution in [-0.2, 0) is 14.8 Å². The summed E-state index contributed by atoms with van der Waals surface area (Å²) in [6.45, 7) is 2.68. The van der Waals surface area contributed by atoms with Gasteiger partial charge < -0.3 is 4.74 Å². The molecule has 1 aliphatic heterocycles. The summed E-state index contributed by atoms with van der Waals surface area (Å²) in [6.07, 6.45) is 0.915. The second-order valence-corrected chi connectivity index (χ2v) is 10.2. The Labute approximate surface area is 137 Å². The average Bonchev–Trinajstić information content (AvgIpc) is 2.99. The molecule has 1 atom stereocenters. The summed E-state index contributed by atoms with van der Waals surface area (Å²) in [7, 11) is -1.85. The summed E-state index contributed by atoms with van der Waals surface area (Å²) in [5.41, 5.74) is 0. The molecular weight excluding hydrogens is 382 g/mol. The molecule has 0 aliphatic carbocycles. The fourth-order valence-electron chi connectivity index (χ4n) is 2.24. The first-order chi connectivity index (χ1) is 9.46. The zero-order valence-corrected chi connectivity index (χ0v) is 15.5. The van der Waals surface area contributed by atoms with Crippen LogP contribution in [0.2, 0.25) is 0 Å². The first-order valence-electron chi connectivity index (χ1n) is 6.31. The molecule has 0 bridgehead atoms. The van der Waals surface area contributed by atoms with Crippen LogP contribution in [0.1, 0.15) is 11.3 Å². The number of nitrogens with zero attached hydrogens (tertiary/aromatic N) is 1. The minimum absolute atomic E-state index is 0.0817. The molecule has 0 radical (unpaired) electrons. The molecule has 20 heavy (non-hydrogen) atoms. The summed E-state index contributed by atoms with van der Waals surface area (Å²) in [6, 6.07) is 1.79. The van der Waals surface area contributed by atoms with Crippen molar-refractivity contribution in [2.24, 2.45) is 0 Å². The predicted octanol–water partition coefficient (Wildman–Crippen LogP) is 2.96. The largest absolute Gasteiger partial charge is 0.383 e. The standard InChI is InChI=1S/C12H18BrNO3S3/c1-9-11(7-12(13)19-9)20(15,16)14(4-5-17-2)10-3-6-18-8-10/h7,10H,3-6,8H2,1-2H3. The van der Waals surface area contributed by atoms with Gasteiger partial charge in [-0.15, -0.1) is 11.3 Å². The van der Waals surface area contributed by atoms with Crippen molar-refractivity contribution in [1.82, 2.24) is 4.31 Å². The Morgan fingerprint density at radius 3 is 2.80 bits per heavy atom. The summed E-state index contributed by atoms with van der Waals surface area (Å²) in [5.74, 6) is 1.89. The monoisotopic (exact) mass is 399 g/mol. The van der Waals surface area contributed by atoms with E-state index in [1.165, 1.54) is 11.3 Å². The minimum atomic E-state index is -3.45. The average molecular weight is 400 g/mol. The Morgan fingerprint density at radius 1 is 1.55 bits per heavy atom. The Morgan fingerprint density at radius 2 is 2.30 bits per heavy atom. The van der Waals surface area contributed by atoms with Gasteiger partial charge in [-0.1, -0.05) is 0 Å². The number of rotatable bonds is 6. The molecule has 1 saturated heterocycles. The highest BCUT2D eigenvalue weighted by Crippen LogP contribution is 2.34. The van der Waals surface area contributed by atoms with Gasteiger partial charge in [-0.2, -0.15) is 16.1 Å². The second-order valence-electron chi connectivity index (χ2n) is 4.60. The van der Waals surface area contributed by atoms with Crippen LogP contribution < -0.4 is 0 Å². The van der Waals surface area contributed by atoms with Crippen LogP contribution in [0, 0.1) is 6.92 Å². The van der Waals surface area contributed by atoms with E-state index < -0.39 is 10.0 Å². The van der Waals surface area contributed by atoms with Crippen molar-refractivity contribution >= 4 is 49.1 Å². The summed E-state index contributed by atoms with van der Waals surface area (Å²) in [5, 5.41) is 0. The molecule has 8 heteroatoms. The van der Waals surface area contributed by atoms with Crippen molar-refractivity contribution in [3.05, 3.63) is 14.7 Å². The van der Waals surface area contributed by atoms with E-state index in [0.717, 1.165) is 26.6 Å². The zero-order valence-electron chi connectivity index (χ0n) is 11.5. The molecule has 4 nitrogen and oxygen atoms in total. The maximum atomic E-state index is 12.9. The molecule has 0 amide bonds. The van der Waals surface area contributed by atoms with Gasteiger partial charge in [0.2, 0.25) is 10.0 Å². The second kappa shape index (κ2) is 7.11. The highest BCUT2D eigenvalue weighted by atomic mass is 79.9. The third kappa shape index (κ3) is 3.59. The van der Waals surface area contributed by atoms with Crippen molar-refractivity contribution in [3.8, 4) is 0 Å². The van der Waals surface area contributed by atoms with Crippen molar-refractivity contribution in [2.75, 3.05) is 31.8 Å². The fraction of sp³-hybridized carbons (Fsp3) is 0.667. The molecule has 1 aromatic rings. The molecule has 0 N–H and O–H groups in total. The molecular formula is C12H18BrNO3S3. The molecule has 114 valence electrons. The van der Waals surface area contributed by atoms with Gasteiger partial charge in [-0.05, 0) is 41.1 Å². The SMILES string of the molecule is COCCN(C1CCSC1)S(=O)(=O)c1cc(Br)sc1C. The van der Waals surface area contributed by atoms with Crippen LogP contribution in [0.25, 0.3) is 0 Å². The maximum Gasteiger partial charge on any atom is 0.244 e. The normalized spacial score (nSPS) is 19.9.